The Labute approximate surface area is 114 Å². The van der Waals surface area contributed by atoms with Crippen molar-refractivity contribution in [3.63, 3.8) is 0 Å². The minimum Gasteiger partial charge on any atom is -0.322 e. The molecule has 2 aromatic heterocycles. The van der Waals surface area contributed by atoms with Gasteiger partial charge in [-0.3, -0.25) is 9.67 Å². The lowest BCUT2D eigenvalue weighted by Gasteiger charge is -2.13. The van der Waals surface area contributed by atoms with E-state index in [9.17, 15) is 0 Å². The van der Waals surface area contributed by atoms with Gasteiger partial charge < -0.3 is 5.73 Å². The molecule has 1 atom stereocenters. The van der Waals surface area contributed by atoms with Crippen LogP contribution in [-0.2, 0) is 19.4 Å². The van der Waals surface area contributed by atoms with Crippen LogP contribution in [-0.4, -0.2) is 14.8 Å². The highest BCUT2D eigenvalue weighted by atomic mass is 15.3. The Morgan fingerprint density at radius 3 is 2.68 bits per heavy atom. The number of nitrogens with two attached hydrogens (primary N) is 1. The predicted molar refractivity (Wildman–Crippen MR) is 76.9 cm³/mol. The van der Waals surface area contributed by atoms with Crippen LogP contribution >= 0.6 is 0 Å². The average molecular weight is 258 g/mol. The number of pyridine rings is 1. The number of rotatable bonds is 5. The molecule has 0 aliphatic carbocycles. The van der Waals surface area contributed by atoms with Crippen LogP contribution in [0, 0.1) is 6.92 Å². The van der Waals surface area contributed by atoms with Gasteiger partial charge in [-0.2, -0.15) is 5.10 Å². The normalized spacial score (nSPS) is 12.6. The molecule has 0 aliphatic heterocycles. The van der Waals surface area contributed by atoms with Gasteiger partial charge in [0.2, 0.25) is 0 Å². The van der Waals surface area contributed by atoms with Crippen LogP contribution in [0.15, 0.2) is 24.4 Å². The predicted octanol–water partition coefficient (Wildman–Crippen LogP) is 2.41. The molecule has 0 saturated heterocycles. The fourth-order valence-electron chi connectivity index (χ4n) is 2.23. The lowest BCUT2D eigenvalue weighted by atomic mass is 10.1. The number of hydrogen-bond acceptors (Lipinski definition) is 3. The summed E-state index contributed by atoms with van der Waals surface area (Å²) in [5, 5.41) is 4.44. The second-order valence-electron chi connectivity index (χ2n) is 4.85. The fourth-order valence-corrected chi connectivity index (χ4v) is 2.23. The SMILES string of the molecule is CCc1ccc(CC(N)c2cc(C)nn2CC)nc1. The Balaban J connectivity index is 2.12. The van der Waals surface area contributed by atoms with E-state index in [0.29, 0.717) is 0 Å². The van der Waals surface area contributed by atoms with E-state index in [1.165, 1.54) is 5.56 Å². The van der Waals surface area contributed by atoms with Gasteiger partial charge in [-0.1, -0.05) is 13.0 Å². The summed E-state index contributed by atoms with van der Waals surface area (Å²) < 4.78 is 1.97. The summed E-state index contributed by atoms with van der Waals surface area (Å²) in [5.74, 6) is 0. The van der Waals surface area contributed by atoms with Crippen LogP contribution in [0.1, 0.15) is 42.5 Å². The molecule has 19 heavy (non-hydrogen) atoms. The van der Waals surface area contributed by atoms with Gasteiger partial charge in [0.15, 0.2) is 0 Å². The molecule has 0 spiro atoms. The second-order valence-corrected chi connectivity index (χ2v) is 4.85. The number of aromatic nitrogens is 3. The number of hydrogen-bond donors (Lipinski definition) is 1. The first-order chi connectivity index (χ1) is 9.13. The van der Waals surface area contributed by atoms with E-state index >= 15 is 0 Å². The topological polar surface area (TPSA) is 56.7 Å². The van der Waals surface area contributed by atoms with Gasteiger partial charge in [-0.05, 0) is 38.0 Å². The molecule has 4 heteroatoms. The van der Waals surface area contributed by atoms with E-state index in [2.05, 4.69) is 42.1 Å². The van der Waals surface area contributed by atoms with Gasteiger partial charge >= 0.3 is 0 Å². The highest BCUT2D eigenvalue weighted by Crippen LogP contribution is 2.16. The van der Waals surface area contributed by atoms with Crippen molar-refractivity contribution >= 4 is 0 Å². The van der Waals surface area contributed by atoms with Crippen LogP contribution in [0.5, 0.6) is 0 Å². The highest BCUT2D eigenvalue weighted by Gasteiger charge is 2.14. The van der Waals surface area contributed by atoms with Gasteiger partial charge in [0.05, 0.1) is 17.4 Å². The fraction of sp³-hybridized carbons (Fsp3) is 0.467. The maximum atomic E-state index is 6.29. The van der Waals surface area contributed by atoms with Crippen LogP contribution in [0.3, 0.4) is 0 Å². The summed E-state index contributed by atoms with van der Waals surface area (Å²) in [5.41, 5.74) is 10.7. The third-order valence-electron chi connectivity index (χ3n) is 3.34. The van der Waals surface area contributed by atoms with Gasteiger partial charge in [0, 0.05) is 24.9 Å². The third-order valence-corrected chi connectivity index (χ3v) is 3.34. The summed E-state index contributed by atoms with van der Waals surface area (Å²) in [4.78, 5) is 4.47. The maximum Gasteiger partial charge on any atom is 0.0597 e. The zero-order valence-electron chi connectivity index (χ0n) is 11.9. The van der Waals surface area contributed by atoms with Crippen molar-refractivity contribution < 1.29 is 0 Å². The lowest BCUT2D eigenvalue weighted by Crippen LogP contribution is -2.18. The third kappa shape index (κ3) is 3.20. The molecule has 1 unspecified atom stereocenters. The molecule has 0 radical (unpaired) electrons. The van der Waals surface area contributed by atoms with Gasteiger partial charge in [-0.15, -0.1) is 0 Å². The molecule has 0 aromatic carbocycles. The molecule has 2 rings (SSSR count). The molecule has 0 bridgehead atoms. The zero-order chi connectivity index (χ0) is 13.8. The van der Waals surface area contributed by atoms with E-state index in [4.69, 9.17) is 5.73 Å². The molecular formula is C15H22N4. The molecule has 2 N–H and O–H groups in total. The maximum absolute atomic E-state index is 6.29. The van der Waals surface area contributed by atoms with Gasteiger partial charge in [0.1, 0.15) is 0 Å². The molecule has 2 heterocycles. The zero-order valence-corrected chi connectivity index (χ0v) is 11.9. The van der Waals surface area contributed by atoms with Crippen LogP contribution in [0.25, 0.3) is 0 Å². The molecule has 0 aliphatic rings. The van der Waals surface area contributed by atoms with Crippen molar-refractivity contribution in [1.82, 2.24) is 14.8 Å². The Morgan fingerprint density at radius 2 is 2.11 bits per heavy atom. The summed E-state index contributed by atoms with van der Waals surface area (Å²) in [6.45, 7) is 7.05. The van der Waals surface area contributed by atoms with Crippen molar-refractivity contribution in [3.8, 4) is 0 Å². The Bertz CT molecular complexity index is 528. The number of aryl methyl sites for hydroxylation is 3. The summed E-state index contributed by atoms with van der Waals surface area (Å²) >= 11 is 0. The van der Waals surface area contributed by atoms with Gasteiger partial charge in [0.25, 0.3) is 0 Å². The van der Waals surface area contributed by atoms with E-state index in [1.807, 2.05) is 17.8 Å². The van der Waals surface area contributed by atoms with E-state index < -0.39 is 0 Å². The first kappa shape index (κ1) is 13.7. The van der Waals surface area contributed by atoms with Crippen molar-refractivity contribution in [1.29, 1.82) is 0 Å². The summed E-state index contributed by atoms with van der Waals surface area (Å²) in [6, 6.07) is 6.20. The lowest BCUT2D eigenvalue weighted by molar-refractivity contribution is 0.563. The first-order valence-corrected chi connectivity index (χ1v) is 6.87. The van der Waals surface area contributed by atoms with Crippen molar-refractivity contribution in [2.45, 2.75) is 46.2 Å². The van der Waals surface area contributed by atoms with Crippen LogP contribution < -0.4 is 5.73 Å². The van der Waals surface area contributed by atoms with Crippen LogP contribution in [0.4, 0.5) is 0 Å². The van der Waals surface area contributed by atoms with Gasteiger partial charge in [-0.25, -0.2) is 0 Å². The molecule has 2 aromatic rings. The van der Waals surface area contributed by atoms with E-state index in [-0.39, 0.29) is 6.04 Å². The Hall–Kier alpha value is -1.68. The van der Waals surface area contributed by atoms with Crippen LogP contribution in [0.2, 0.25) is 0 Å². The average Bonchev–Trinajstić information content (AvgIpc) is 2.81. The van der Waals surface area contributed by atoms with E-state index in [1.54, 1.807) is 0 Å². The molecular weight excluding hydrogens is 236 g/mol. The number of nitrogens with zero attached hydrogens (tertiary/aromatic N) is 3. The second kappa shape index (κ2) is 5.97. The minimum absolute atomic E-state index is 0.0545. The largest absolute Gasteiger partial charge is 0.322 e. The van der Waals surface area contributed by atoms with E-state index in [0.717, 1.165) is 36.5 Å². The first-order valence-electron chi connectivity index (χ1n) is 6.87. The quantitative estimate of drug-likeness (QED) is 0.896. The molecule has 0 saturated carbocycles. The minimum atomic E-state index is -0.0545. The molecule has 102 valence electrons. The smallest absolute Gasteiger partial charge is 0.0597 e. The van der Waals surface area contributed by atoms with Crippen molar-refractivity contribution in [3.05, 3.63) is 47.0 Å². The summed E-state index contributed by atoms with van der Waals surface area (Å²) in [7, 11) is 0. The Morgan fingerprint density at radius 1 is 1.32 bits per heavy atom. The molecule has 4 nitrogen and oxygen atoms in total. The Kier molecular flexibility index (Phi) is 4.32. The van der Waals surface area contributed by atoms with Crippen molar-refractivity contribution in [2.75, 3.05) is 0 Å². The highest BCUT2D eigenvalue weighted by molar-refractivity contribution is 5.18. The molecule has 0 amide bonds. The molecule has 0 fully saturated rings. The standard InChI is InChI=1S/C15H22N4/c1-4-12-6-7-13(17-10-12)9-14(16)15-8-11(3)18-19(15)5-2/h6-8,10,14H,4-5,9,16H2,1-3H3. The van der Waals surface area contributed by atoms with Crippen molar-refractivity contribution in [2.24, 2.45) is 5.73 Å². The monoisotopic (exact) mass is 258 g/mol. The summed E-state index contributed by atoms with van der Waals surface area (Å²) in [6.07, 6.45) is 3.70.